The van der Waals surface area contributed by atoms with Gasteiger partial charge < -0.3 is 9.88 Å². The standard InChI is InChI=1S/C19H23N7O/c1-24-9-14(8-23-24)16(27)10-25-6-7-26(12-19(11-25)3-4-19)18-15-2-5-20-17(15)21-13-22-18/h2,5,8-9,13H,3-4,6-7,10-12H2,1H3,(H,20,21,22). The minimum Gasteiger partial charge on any atom is -0.354 e. The number of aromatic nitrogens is 5. The van der Waals surface area contributed by atoms with Crippen LogP contribution in [-0.4, -0.2) is 68.1 Å². The second-order valence-electron chi connectivity index (χ2n) is 7.90. The molecule has 1 saturated carbocycles. The molecule has 8 nitrogen and oxygen atoms in total. The van der Waals surface area contributed by atoms with Gasteiger partial charge in [-0.2, -0.15) is 5.10 Å². The van der Waals surface area contributed by atoms with E-state index in [0.717, 1.165) is 43.0 Å². The number of hydrogen-bond acceptors (Lipinski definition) is 6. The number of rotatable bonds is 4. The topological polar surface area (TPSA) is 82.9 Å². The SMILES string of the molecule is Cn1cc(C(=O)CN2CCN(c3ncnc4[nH]ccc34)CC3(CC3)C2)cn1. The van der Waals surface area contributed by atoms with Gasteiger partial charge >= 0.3 is 0 Å². The highest BCUT2D eigenvalue weighted by atomic mass is 16.1. The second kappa shape index (κ2) is 6.16. The fourth-order valence-electron chi connectivity index (χ4n) is 4.13. The Hall–Kier alpha value is -2.74. The van der Waals surface area contributed by atoms with Crippen LogP contribution in [0.3, 0.4) is 0 Å². The molecule has 4 heterocycles. The van der Waals surface area contributed by atoms with Crippen LogP contribution in [-0.2, 0) is 7.05 Å². The monoisotopic (exact) mass is 365 g/mol. The maximum Gasteiger partial charge on any atom is 0.179 e. The first-order chi connectivity index (χ1) is 13.1. The van der Waals surface area contributed by atoms with Crippen LogP contribution in [0, 0.1) is 5.41 Å². The van der Waals surface area contributed by atoms with Gasteiger partial charge in [-0.1, -0.05) is 0 Å². The number of anilines is 1. The van der Waals surface area contributed by atoms with Gasteiger partial charge in [0.2, 0.25) is 0 Å². The Morgan fingerprint density at radius 1 is 1.26 bits per heavy atom. The number of carbonyl (C=O) groups excluding carboxylic acids is 1. The molecule has 2 aliphatic rings. The highest BCUT2D eigenvalue weighted by Crippen LogP contribution is 2.48. The Balaban J connectivity index is 1.36. The molecule has 0 atom stereocenters. The quantitative estimate of drug-likeness (QED) is 0.705. The van der Waals surface area contributed by atoms with E-state index in [1.54, 1.807) is 23.4 Å². The van der Waals surface area contributed by atoms with Gasteiger partial charge in [0, 0.05) is 51.0 Å². The molecule has 140 valence electrons. The summed E-state index contributed by atoms with van der Waals surface area (Å²) in [6.45, 7) is 4.12. The van der Waals surface area contributed by atoms with Crippen molar-refractivity contribution in [1.29, 1.82) is 0 Å². The molecular weight excluding hydrogens is 342 g/mol. The van der Waals surface area contributed by atoms with Crippen molar-refractivity contribution in [1.82, 2.24) is 29.6 Å². The number of fused-ring (bicyclic) bond motifs is 1. The summed E-state index contributed by atoms with van der Waals surface area (Å²) in [5, 5.41) is 5.18. The van der Waals surface area contributed by atoms with Crippen molar-refractivity contribution in [2.75, 3.05) is 37.6 Å². The van der Waals surface area contributed by atoms with Crippen LogP contribution in [0.1, 0.15) is 23.2 Å². The average Bonchev–Trinajstić information content (AvgIpc) is 3.07. The zero-order chi connectivity index (χ0) is 18.4. The van der Waals surface area contributed by atoms with Crippen LogP contribution in [0.4, 0.5) is 5.82 Å². The number of aryl methyl sites for hydroxylation is 1. The lowest BCUT2D eigenvalue weighted by atomic mass is 10.1. The number of hydrogen-bond donors (Lipinski definition) is 1. The Morgan fingerprint density at radius 2 is 2.15 bits per heavy atom. The molecule has 0 radical (unpaired) electrons. The first-order valence-corrected chi connectivity index (χ1v) is 9.39. The molecule has 1 aliphatic heterocycles. The maximum absolute atomic E-state index is 12.6. The van der Waals surface area contributed by atoms with Crippen LogP contribution < -0.4 is 4.90 Å². The molecule has 1 saturated heterocycles. The van der Waals surface area contributed by atoms with Crippen LogP contribution in [0.5, 0.6) is 0 Å². The largest absolute Gasteiger partial charge is 0.354 e. The summed E-state index contributed by atoms with van der Waals surface area (Å²) in [6, 6.07) is 2.04. The fourth-order valence-corrected chi connectivity index (χ4v) is 4.13. The Bertz CT molecular complexity index is 987. The zero-order valence-electron chi connectivity index (χ0n) is 15.4. The van der Waals surface area contributed by atoms with E-state index in [2.05, 4.69) is 29.9 Å². The Kier molecular flexibility index (Phi) is 3.75. The molecule has 0 amide bonds. The lowest BCUT2D eigenvalue weighted by Gasteiger charge is -2.25. The van der Waals surface area contributed by atoms with Crippen molar-refractivity contribution in [3.8, 4) is 0 Å². The van der Waals surface area contributed by atoms with Crippen molar-refractivity contribution >= 4 is 22.6 Å². The van der Waals surface area contributed by atoms with Gasteiger partial charge in [-0.15, -0.1) is 0 Å². The van der Waals surface area contributed by atoms with E-state index in [1.807, 2.05) is 19.3 Å². The molecule has 0 unspecified atom stereocenters. The summed E-state index contributed by atoms with van der Waals surface area (Å²) in [5.74, 6) is 1.13. The Morgan fingerprint density at radius 3 is 2.93 bits per heavy atom. The van der Waals surface area contributed by atoms with E-state index in [4.69, 9.17) is 0 Å². The molecule has 0 aromatic carbocycles. The van der Waals surface area contributed by atoms with Crippen LogP contribution in [0.2, 0.25) is 0 Å². The van der Waals surface area contributed by atoms with Gasteiger partial charge in [0.05, 0.1) is 23.7 Å². The molecule has 1 aliphatic carbocycles. The van der Waals surface area contributed by atoms with Gasteiger partial charge in [0.1, 0.15) is 17.8 Å². The number of ketones is 1. The third-order valence-corrected chi connectivity index (χ3v) is 5.76. The number of carbonyl (C=O) groups is 1. The summed E-state index contributed by atoms with van der Waals surface area (Å²) >= 11 is 0. The van der Waals surface area contributed by atoms with E-state index < -0.39 is 0 Å². The molecular formula is C19H23N7O. The number of nitrogens with zero attached hydrogens (tertiary/aromatic N) is 6. The molecule has 0 bridgehead atoms. The van der Waals surface area contributed by atoms with Crippen LogP contribution in [0.15, 0.2) is 31.0 Å². The normalized spacial score (nSPS) is 19.5. The van der Waals surface area contributed by atoms with Crippen LogP contribution in [0.25, 0.3) is 11.0 Å². The fraction of sp³-hybridized carbons (Fsp3) is 0.474. The molecule has 1 N–H and O–H groups in total. The summed E-state index contributed by atoms with van der Waals surface area (Å²) in [4.78, 5) is 29.3. The molecule has 3 aromatic heterocycles. The summed E-state index contributed by atoms with van der Waals surface area (Å²) < 4.78 is 1.68. The van der Waals surface area contributed by atoms with E-state index in [9.17, 15) is 4.79 Å². The summed E-state index contributed by atoms with van der Waals surface area (Å²) in [6.07, 6.45) is 9.41. The van der Waals surface area contributed by atoms with E-state index in [0.29, 0.717) is 12.1 Å². The first-order valence-electron chi connectivity index (χ1n) is 9.39. The molecule has 2 fully saturated rings. The third-order valence-electron chi connectivity index (χ3n) is 5.76. The van der Waals surface area contributed by atoms with Crippen molar-refractivity contribution in [3.05, 3.63) is 36.5 Å². The number of Topliss-reactive ketones (excluding diaryl/α,β-unsaturated/α-hetero) is 1. The summed E-state index contributed by atoms with van der Waals surface area (Å²) in [5.41, 5.74) is 1.84. The van der Waals surface area contributed by atoms with Crippen molar-refractivity contribution in [3.63, 3.8) is 0 Å². The van der Waals surface area contributed by atoms with Gasteiger partial charge in [0.15, 0.2) is 5.78 Å². The average molecular weight is 365 g/mol. The lowest BCUT2D eigenvalue weighted by Crippen LogP contribution is -2.35. The third kappa shape index (κ3) is 3.10. The van der Waals surface area contributed by atoms with Crippen LogP contribution >= 0.6 is 0 Å². The molecule has 3 aromatic rings. The zero-order valence-corrected chi connectivity index (χ0v) is 15.4. The number of H-pyrrole nitrogens is 1. The number of aromatic amines is 1. The van der Waals surface area contributed by atoms with E-state index in [1.165, 1.54) is 12.8 Å². The second-order valence-corrected chi connectivity index (χ2v) is 7.90. The molecule has 8 heteroatoms. The van der Waals surface area contributed by atoms with Gasteiger partial charge in [-0.25, -0.2) is 9.97 Å². The van der Waals surface area contributed by atoms with E-state index in [-0.39, 0.29) is 11.2 Å². The highest BCUT2D eigenvalue weighted by Gasteiger charge is 2.47. The lowest BCUT2D eigenvalue weighted by molar-refractivity contribution is 0.0924. The molecule has 5 rings (SSSR count). The van der Waals surface area contributed by atoms with E-state index >= 15 is 0 Å². The molecule has 1 spiro atoms. The highest BCUT2D eigenvalue weighted by molar-refractivity contribution is 5.97. The minimum absolute atomic E-state index is 0.141. The predicted octanol–water partition coefficient (Wildman–Crippen LogP) is 1.48. The van der Waals surface area contributed by atoms with Crippen molar-refractivity contribution < 1.29 is 4.79 Å². The minimum atomic E-state index is 0.141. The van der Waals surface area contributed by atoms with Gasteiger partial charge in [-0.05, 0) is 18.9 Å². The van der Waals surface area contributed by atoms with Crippen molar-refractivity contribution in [2.45, 2.75) is 12.8 Å². The smallest absolute Gasteiger partial charge is 0.179 e. The first kappa shape index (κ1) is 16.4. The van der Waals surface area contributed by atoms with Crippen molar-refractivity contribution in [2.24, 2.45) is 12.5 Å². The number of nitrogens with one attached hydrogen (secondary N) is 1. The predicted molar refractivity (Wildman–Crippen MR) is 102 cm³/mol. The summed E-state index contributed by atoms with van der Waals surface area (Å²) in [7, 11) is 1.84. The maximum atomic E-state index is 12.6. The molecule has 27 heavy (non-hydrogen) atoms. The van der Waals surface area contributed by atoms with Gasteiger partial charge in [0.25, 0.3) is 0 Å². The van der Waals surface area contributed by atoms with Gasteiger partial charge in [-0.3, -0.25) is 14.4 Å². The Labute approximate surface area is 157 Å².